The Balaban J connectivity index is 1.47. The third kappa shape index (κ3) is 4.80. The Morgan fingerprint density at radius 2 is 1.76 bits per heavy atom. The summed E-state index contributed by atoms with van der Waals surface area (Å²) in [5, 5.41) is 1.14. The Morgan fingerprint density at radius 1 is 1.09 bits per heavy atom. The van der Waals surface area contributed by atoms with Crippen molar-refractivity contribution in [2.24, 2.45) is 0 Å². The Bertz CT molecular complexity index is 1200. The van der Waals surface area contributed by atoms with E-state index in [0.29, 0.717) is 42.8 Å². The van der Waals surface area contributed by atoms with Crippen LogP contribution in [0.15, 0.2) is 58.8 Å². The van der Waals surface area contributed by atoms with E-state index in [4.69, 9.17) is 9.47 Å². The molecule has 1 fully saturated rings. The molecule has 2 aromatic rings. The van der Waals surface area contributed by atoms with Crippen LogP contribution in [0.25, 0.3) is 6.08 Å². The van der Waals surface area contributed by atoms with E-state index < -0.39 is 27.1 Å². The van der Waals surface area contributed by atoms with Crippen LogP contribution in [0.1, 0.15) is 49.5 Å². The predicted octanol–water partition coefficient (Wildman–Crippen LogP) is 4.48. The van der Waals surface area contributed by atoms with Crippen molar-refractivity contribution in [2.45, 2.75) is 49.7 Å². The lowest BCUT2D eigenvalue weighted by Gasteiger charge is -2.37. The highest BCUT2D eigenvalue weighted by Gasteiger charge is 2.50. The van der Waals surface area contributed by atoms with E-state index >= 15 is 0 Å². The molecule has 0 unspecified atom stereocenters. The average molecular weight is 470 g/mol. The van der Waals surface area contributed by atoms with Gasteiger partial charge in [0.2, 0.25) is 5.78 Å². The van der Waals surface area contributed by atoms with Crippen molar-refractivity contribution in [1.82, 2.24) is 4.90 Å². The molecule has 1 amide bonds. The van der Waals surface area contributed by atoms with Crippen LogP contribution in [0.2, 0.25) is 0 Å². The second-order valence-corrected chi connectivity index (χ2v) is 11.1. The Labute approximate surface area is 193 Å². The SMILES string of the molecule is CC(C)(C)OC(=O)N1CCC2(CC1)Oc1ccc(/C=C/S(=O)(=O)c3ccccc3)cc1C2=O. The molecular weight excluding hydrogens is 442 g/mol. The van der Waals surface area contributed by atoms with Gasteiger partial charge in [-0.05, 0) is 56.7 Å². The zero-order valence-corrected chi connectivity index (χ0v) is 19.7. The number of rotatable bonds is 3. The highest BCUT2D eigenvalue weighted by atomic mass is 32.2. The summed E-state index contributed by atoms with van der Waals surface area (Å²) in [6.07, 6.45) is 1.82. The van der Waals surface area contributed by atoms with Crippen LogP contribution in [0, 0.1) is 0 Å². The van der Waals surface area contributed by atoms with E-state index in [1.54, 1.807) is 41.3 Å². The molecule has 8 heteroatoms. The lowest BCUT2D eigenvalue weighted by molar-refractivity contribution is -0.00474. The van der Waals surface area contributed by atoms with E-state index in [-0.39, 0.29) is 10.7 Å². The second-order valence-electron chi connectivity index (χ2n) is 9.31. The molecule has 0 saturated carbocycles. The molecule has 1 saturated heterocycles. The first-order valence-electron chi connectivity index (χ1n) is 10.8. The lowest BCUT2D eigenvalue weighted by Crippen LogP contribution is -2.52. The summed E-state index contributed by atoms with van der Waals surface area (Å²) in [6.45, 7) is 6.16. The molecule has 1 spiro atoms. The minimum atomic E-state index is -3.59. The van der Waals surface area contributed by atoms with Gasteiger partial charge < -0.3 is 14.4 Å². The van der Waals surface area contributed by atoms with E-state index in [0.717, 1.165) is 5.41 Å². The number of Topliss-reactive ketones (excluding diaryl/α,β-unsaturated/α-hetero) is 1. The van der Waals surface area contributed by atoms with Crippen molar-refractivity contribution in [2.75, 3.05) is 13.1 Å². The van der Waals surface area contributed by atoms with E-state index in [2.05, 4.69) is 0 Å². The molecule has 2 aliphatic rings. The number of ketones is 1. The standard InChI is InChI=1S/C25H27NO6S/c1-24(2,3)32-23(28)26-14-12-25(13-15-26)22(27)20-17-18(9-10-21(20)31-25)11-16-33(29,30)19-7-5-4-6-8-19/h4-11,16-17H,12-15H2,1-3H3/b16-11+. The normalized spacial score (nSPS) is 17.8. The number of fused-ring (bicyclic) bond motifs is 1. The van der Waals surface area contributed by atoms with E-state index in [1.165, 1.54) is 18.2 Å². The number of nitrogens with zero attached hydrogens (tertiary/aromatic N) is 1. The number of piperidine rings is 1. The highest BCUT2D eigenvalue weighted by molar-refractivity contribution is 7.94. The summed E-state index contributed by atoms with van der Waals surface area (Å²) in [4.78, 5) is 27.4. The summed E-state index contributed by atoms with van der Waals surface area (Å²) in [7, 11) is -3.59. The van der Waals surface area contributed by atoms with Gasteiger partial charge in [0.1, 0.15) is 11.4 Å². The fourth-order valence-corrected chi connectivity index (χ4v) is 5.01. The van der Waals surface area contributed by atoms with Gasteiger partial charge in [-0.3, -0.25) is 4.79 Å². The highest BCUT2D eigenvalue weighted by Crippen LogP contribution is 2.41. The van der Waals surface area contributed by atoms with Crippen molar-refractivity contribution in [3.8, 4) is 5.75 Å². The molecule has 0 aromatic heterocycles. The summed E-state index contributed by atoms with van der Waals surface area (Å²) >= 11 is 0. The number of carbonyl (C=O) groups excluding carboxylic acids is 2. The van der Waals surface area contributed by atoms with Crippen LogP contribution in [0.4, 0.5) is 4.79 Å². The molecule has 0 aliphatic carbocycles. The molecule has 2 heterocycles. The largest absolute Gasteiger partial charge is 0.478 e. The summed E-state index contributed by atoms with van der Waals surface area (Å²) < 4.78 is 36.5. The topological polar surface area (TPSA) is 90.0 Å². The molecule has 0 radical (unpaired) electrons. The fraction of sp³-hybridized carbons (Fsp3) is 0.360. The Morgan fingerprint density at radius 3 is 2.39 bits per heavy atom. The van der Waals surface area contributed by atoms with Crippen LogP contribution >= 0.6 is 0 Å². The number of amides is 1. The van der Waals surface area contributed by atoms with Crippen LogP contribution in [-0.4, -0.2) is 49.5 Å². The van der Waals surface area contributed by atoms with Gasteiger partial charge in [-0.2, -0.15) is 0 Å². The number of sulfone groups is 1. The lowest BCUT2D eigenvalue weighted by atomic mass is 9.85. The number of likely N-dealkylation sites (tertiary alicyclic amines) is 1. The smallest absolute Gasteiger partial charge is 0.410 e. The maximum Gasteiger partial charge on any atom is 0.410 e. The minimum absolute atomic E-state index is 0.137. The fourth-order valence-electron chi connectivity index (χ4n) is 3.98. The van der Waals surface area contributed by atoms with Gasteiger partial charge in [-0.25, -0.2) is 13.2 Å². The van der Waals surface area contributed by atoms with Gasteiger partial charge >= 0.3 is 6.09 Å². The summed E-state index contributed by atoms with van der Waals surface area (Å²) in [6, 6.07) is 13.2. The molecule has 2 aromatic carbocycles. The molecule has 2 aliphatic heterocycles. The zero-order valence-electron chi connectivity index (χ0n) is 18.9. The van der Waals surface area contributed by atoms with Crippen LogP contribution < -0.4 is 4.74 Å². The van der Waals surface area contributed by atoms with Crippen LogP contribution in [-0.2, 0) is 14.6 Å². The predicted molar refractivity (Wildman–Crippen MR) is 124 cm³/mol. The number of hydrogen-bond donors (Lipinski definition) is 0. The number of benzene rings is 2. The maximum absolute atomic E-state index is 13.3. The first-order valence-corrected chi connectivity index (χ1v) is 12.4. The molecule has 4 rings (SSSR count). The van der Waals surface area contributed by atoms with Crippen molar-refractivity contribution >= 4 is 27.8 Å². The summed E-state index contributed by atoms with van der Waals surface area (Å²) in [5.41, 5.74) is -0.562. The van der Waals surface area contributed by atoms with Crippen LogP contribution in [0.5, 0.6) is 5.75 Å². The second kappa shape index (κ2) is 8.33. The first-order chi connectivity index (χ1) is 15.5. The van der Waals surface area contributed by atoms with Gasteiger partial charge in [0.25, 0.3) is 0 Å². The van der Waals surface area contributed by atoms with Crippen molar-refractivity contribution in [3.63, 3.8) is 0 Å². The molecule has 0 atom stereocenters. The monoisotopic (exact) mass is 469 g/mol. The minimum Gasteiger partial charge on any atom is -0.478 e. The molecule has 0 bridgehead atoms. The first kappa shape index (κ1) is 23.0. The van der Waals surface area contributed by atoms with Crippen molar-refractivity contribution in [1.29, 1.82) is 0 Å². The maximum atomic E-state index is 13.3. The number of carbonyl (C=O) groups is 2. The molecule has 7 nitrogen and oxygen atoms in total. The number of hydrogen-bond acceptors (Lipinski definition) is 6. The summed E-state index contributed by atoms with van der Waals surface area (Å²) in [5.74, 6) is 0.344. The van der Waals surface area contributed by atoms with Gasteiger partial charge in [0.05, 0.1) is 10.5 Å². The third-order valence-corrected chi connectivity index (χ3v) is 7.13. The van der Waals surface area contributed by atoms with Crippen LogP contribution in [0.3, 0.4) is 0 Å². The quantitative estimate of drug-likeness (QED) is 0.659. The van der Waals surface area contributed by atoms with Gasteiger partial charge in [-0.1, -0.05) is 24.3 Å². The number of ether oxygens (including phenoxy) is 2. The Hall–Kier alpha value is -3.13. The van der Waals surface area contributed by atoms with Gasteiger partial charge in [0, 0.05) is 31.3 Å². The average Bonchev–Trinajstić information content (AvgIpc) is 3.03. The Kier molecular flexibility index (Phi) is 5.82. The van der Waals surface area contributed by atoms with Gasteiger partial charge in [-0.15, -0.1) is 0 Å². The van der Waals surface area contributed by atoms with E-state index in [1.807, 2.05) is 20.8 Å². The van der Waals surface area contributed by atoms with Crippen molar-refractivity contribution < 1.29 is 27.5 Å². The van der Waals surface area contributed by atoms with Crippen molar-refractivity contribution in [3.05, 3.63) is 65.1 Å². The molecule has 174 valence electrons. The van der Waals surface area contributed by atoms with E-state index in [9.17, 15) is 18.0 Å². The van der Waals surface area contributed by atoms with Gasteiger partial charge in [0.15, 0.2) is 15.4 Å². The molecular formula is C25H27NO6S. The third-order valence-electron chi connectivity index (χ3n) is 5.70. The molecule has 0 N–H and O–H groups in total. The zero-order chi connectivity index (χ0) is 23.9. The molecule has 33 heavy (non-hydrogen) atoms.